The summed E-state index contributed by atoms with van der Waals surface area (Å²) in [4.78, 5) is 14.4. The number of nitrogens with zero attached hydrogens (tertiary/aromatic N) is 1. The van der Waals surface area contributed by atoms with E-state index < -0.39 is 0 Å². The van der Waals surface area contributed by atoms with Gasteiger partial charge in [0.2, 0.25) is 5.91 Å². The maximum atomic E-state index is 12.2. The molecule has 1 saturated heterocycles. The van der Waals surface area contributed by atoms with E-state index in [1.807, 2.05) is 24.3 Å². The van der Waals surface area contributed by atoms with Crippen molar-refractivity contribution in [3.05, 3.63) is 27.8 Å². The van der Waals surface area contributed by atoms with Crippen LogP contribution in [0.15, 0.2) is 24.3 Å². The summed E-state index contributed by atoms with van der Waals surface area (Å²) in [5.41, 5.74) is 6.69. The Balaban J connectivity index is 1.96. The number of halogens is 1. The lowest BCUT2D eigenvalue weighted by Crippen LogP contribution is -2.51. The van der Waals surface area contributed by atoms with E-state index in [1.54, 1.807) is 0 Å². The van der Waals surface area contributed by atoms with E-state index in [1.165, 1.54) is 6.42 Å². The number of hydrogen-bond donors (Lipinski definition) is 2. The Morgan fingerprint density at radius 1 is 1.50 bits per heavy atom. The minimum atomic E-state index is 0.0409. The molecule has 1 aromatic carbocycles. The number of likely N-dealkylation sites (tertiary alicyclic amines) is 1. The van der Waals surface area contributed by atoms with Crippen LogP contribution in [-0.4, -0.2) is 36.0 Å². The summed E-state index contributed by atoms with van der Waals surface area (Å²) >= 11 is 2.24. The smallest absolute Gasteiger partial charge is 0.238 e. The Hall–Kier alpha value is -0.660. The number of hydrogen-bond acceptors (Lipinski definition) is 3. The molecule has 20 heavy (non-hydrogen) atoms. The summed E-state index contributed by atoms with van der Waals surface area (Å²) in [6.07, 6.45) is 3.45. The fourth-order valence-electron chi connectivity index (χ4n) is 2.81. The molecular weight excluding hydrogens is 365 g/mol. The van der Waals surface area contributed by atoms with Crippen molar-refractivity contribution in [2.24, 2.45) is 5.73 Å². The number of rotatable bonds is 4. The van der Waals surface area contributed by atoms with E-state index in [0.717, 1.165) is 22.1 Å². The first kappa shape index (κ1) is 15.7. The maximum absolute atomic E-state index is 12.2. The van der Waals surface area contributed by atoms with Crippen LogP contribution in [0.2, 0.25) is 0 Å². The number of nitrogens with two attached hydrogens (primary N) is 1. The van der Waals surface area contributed by atoms with Crippen LogP contribution < -0.4 is 11.1 Å². The van der Waals surface area contributed by atoms with E-state index in [4.69, 9.17) is 5.73 Å². The second-order valence-electron chi connectivity index (χ2n) is 5.40. The van der Waals surface area contributed by atoms with E-state index in [9.17, 15) is 4.79 Å². The van der Waals surface area contributed by atoms with Crippen molar-refractivity contribution in [1.29, 1.82) is 0 Å². The van der Waals surface area contributed by atoms with Gasteiger partial charge in [0.1, 0.15) is 0 Å². The van der Waals surface area contributed by atoms with Gasteiger partial charge in [0.25, 0.3) is 0 Å². The van der Waals surface area contributed by atoms with Crippen molar-refractivity contribution in [3.8, 4) is 0 Å². The van der Waals surface area contributed by atoms with E-state index in [-0.39, 0.29) is 5.91 Å². The first-order valence-corrected chi connectivity index (χ1v) is 8.19. The Bertz CT molecular complexity index is 466. The molecule has 0 saturated carbocycles. The predicted octanol–water partition coefficient (Wildman–Crippen LogP) is 2.43. The summed E-state index contributed by atoms with van der Waals surface area (Å²) < 4.78 is 1.12. The summed E-state index contributed by atoms with van der Waals surface area (Å²) in [7, 11) is 0. The van der Waals surface area contributed by atoms with Crippen LogP contribution in [0.5, 0.6) is 0 Å². The van der Waals surface area contributed by atoms with Gasteiger partial charge in [-0.15, -0.1) is 0 Å². The molecule has 3 N–H and O–H groups in total. The largest absolute Gasteiger partial charge is 0.329 e. The van der Waals surface area contributed by atoms with Gasteiger partial charge in [-0.3, -0.25) is 9.69 Å². The molecule has 2 rings (SSSR count). The van der Waals surface area contributed by atoms with E-state index in [0.29, 0.717) is 25.2 Å². The molecule has 1 aromatic rings. The van der Waals surface area contributed by atoms with Crippen molar-refractivity contribution in [2.45, 2.75) is 38.3 Å². The molecule has 0 radical (unpaired) electrons. The molecule has 0 aliphatic carbocycles. The molecular formula is C15H22IN3O. The molecule has 1 amide bonds. The highest BCUT2D eigenvalue weighted by Gasteiger charge is 2.28. The minimum Gasteiger partial charge on any atom is -0.329 e. The molecule has 0 bridgehead atoms. The lowest BCUT2D eigenvalue weighted by atomic mass is 9.96. The van der Waals surface area contributed by atoms with Crippen LogP contribution in [0, 0.1) is 3.57 Å². The lowest BCUT2D eigenvalue weighted by molar-refractivity contribution is -0.118. The van der Waals surface area contributed by atoms with E-state index in [2.05, 4.69) is 39.7 Å². The number of nitrogens with one attached hydrogen (secondary N) is 1. The average molecular weight is 387 g/mol. The van der Waals surface area contributed by atoms with Crippen molar-refractivity contribution in [3.63, 3.8) is 0 Å². The van der Waals surface area contributed by atoms with Gasteiger partial charge < -0.3 is 11.1 Å². The third-order valence-corrected chi connectivity index (χ3v) is 4.57. The minimum absolute atomic E-state index is 0.0409. The fraction of sp³-hybridized carbons (Fsp3) is 0.533. The molecule has 0 aromatic heterocycles. The molecule has 4 nitrogen and oxygen atoms in total. The molecule has 1 aliphatic heterocycles. The van der Waals surface area contributed by atoms with Crippen molar-refractivity contribution in [2.75, 3.05) is 18.4 Å². The average Bonchev–Trinajstić information content (AvgIpc) is 2.41. The Morgan fingerprint density at radius 3 is 3.00 bits per heavy atom. The van der Waals surface area contributed by atoms with Crippen LogP contribution >= 0.6 is 22.6 Å². The molecule has 1 heterocycles. The Labute approximate surface area is 134 Å². The first-order valence-electron chi connectivity index (χ1n) is 7.11. The van der Waals surface area contributed by atoms with Gasteiger partial charge in [-0.05, 0) is 60.6 Å². The number of piperidine rings is 1. The molecule has 5 heteroatoms. The molecule has 0 spiro atoms. The standard InChI is InChI=1S/C15H22IN3O/c1-11-4-2-7-14(9-17)19(11)10-15(20)18-13-6-3-5-12(16)8-13/h3,5-6,8,11,14H,2,4,7,9-10,17H2,1H3,(H,18,20). The van der Waals surface area contributed by atoms with Gasteiger partial charge in [-0.1, -0.05) is 12.5 Å². The number of anilines is 1. The third kappa shape index (κ3) is 4.17. The quantitative estimate of drug-likeness (QED) is 0.781. The zero-order valence-corrected chi connectivity index (χ0v) is 14.0. The van der Waals surface area contributed by atoms with Crippen LogP contribution in [0.4, 0.5) is 5.69 Å². The van der Waals surface area contributed by atoms with Gasteiger partial charge in [0, 0.05) is 27.9 Å². The molecule has 1 aliphatic rings. The number of benzene rings is 1. The zero-order chi connectivity index (χ0) is 14.5. The lowest BCUT2D eigenvalue weighted by Gasteiger charge is -2.39. The topological polar surface area (TPSA) is 58.4 Å². The first-order chi connectivity index (χ1) is 9.60. The second kappa shape index (κ2) is 7.38. The molecule has 110 valence electrons. The SMILES string of the molecule is CC1CCCC(CN)N1CC(=O)Nc1cccc(I)c1. The highest BCUT2D eigenvalue weighted by Crippen LogP contribution is 2.22. The van der Waals surface area contributed by atoms with Crippen LogP contribution in [-0.2, 0) is 4.79 Å². The Morgan fingerprint density at radius 2 is 2.30 bits per heavy atom. The molecule has 2 atom stereocenters. The maximum Gasteiger partial charge on any atom is 0.238 e. The van der Waals surface area contributed by atoms with Gasteiger partial charge >= 0.3 is 0 Å². The highest BCUT2D eigenvalue weighted by atomic mass is 127. The monoisotopic (exact) mass is 387 g/mol. The van der Waals surface area contributed by atoms with Crippen molar-refractivity contribution in [1.82, 2.24) is 4.90 Å². The predicted molar refractivity (Wildman–Crippen MR) is 90.7 cm³/mol. The molecule has 2 unspecified atom stereocenters. The number of carbonyl (C=O) groups is 1. The zero-order valence-electron chi connectivity index (χ0n) is 11.8. The summed E-state index contributed by atoms with van der Waals surface area (Å²) in [5, 5.41) is 2.97. The van der Waals surface area contributed by atoms with E-state index >= 15 is 0 Å². The third-order valence-electron chi connectivity index (χ3n) is 3.90. The Kier molecular flexibility index (Phi) is 5.80. The molecule has 1 fully saturated rings. The summed E-state index contributed by atoms with van der Waals surface area (Å²) in [6, 6.07) is 8.61. The van der Waals surface area contributed by atoms with Gasteiger partial charge in [0.05, 0.1) is 6.54 Å². The normalized spacial score (nSPS) is 23.6. The fourth-order valence-corrected chi connectivity index (χ4v) is 3.35. The van der Waals surface area contributed by atoms with Gasteiger partial charge in [-0.25, -0.2) is 0 Å². The van der Waals surface area contributed by atoms with Crippen LogP contribution in [0.25, 0.3) is 0 Å². The van der Waals surface area contributed by atoms with Crippen molar-refractivity contribution < 1.29 is 4.79 Å². The number of amides is 1. The number of carbonyl (C=O) groups excluding carboxylic acids is 1. The highest BCUT2D eigenvalue weighted by molar-refractivity contribution is 14.1. The van der Waals surface area contributed by atoms with Crippen LogP contribution in [0.3, 0.4) is 0 Å². The summed E-state index contributed by atoms with van der Waals surface area (Å²) in [5.74, 6) is 0.0409. The van der Waals surface area contributed by atoms with Crippen molar-refractivity contribution >= 4 is 34.2 Å². The van der Waals surface area contributed by atoms with Gasteiger partial charge in [0.15, 0.2) is 0 Å². The second-order valence-corrected chi connectivity index (χ2v) is 6.65. The summed E-state index contributed by atoms with van der Waals surface area (Å²) in [6.45, 7) is 3.23. The van der Waals surface area contributed by atoms with Crippen LogP contribution in [0.1, 0.15) is 26.2 Å². The van der Waals surface area contributed by atoms with Gasteiger partial charge in [-0.2, -0.15) is 0 Å².